The Kier molecular flexibility index (Phi) is 16.7. The van der Waals surface area contributed by atoms with Crippen molar-refractivity contribution in [2.75, 3.05) is 19.6 Å². The molecule has 0 bridgehead atoms. The van der Waals surface area contributed by atoms with Gasteiger partial charge in [-0.25, -0.2) is 9.59 Å². The van der Waals surface area contributed by atoms with Gasteiger partial charge in [0.25, 0.3) is 0 Å². The van der Waals surface area contributed by atoms with Crippen LogP contribution in [0.25, 0.3) is 0 Å². The first-order valence-corrected chi connectivity index (χ1v) is 18.0. The highest BCUT2D eigenvalue weighted by atomic mass is 16.5. The maximum absolute atomic E-state index is 13.6. The second-order valence-electron chi connectivity index (χ2n) is 12.2. The Morgan fingerprint density at radius 3 is 1.31 bits per heavy atom. The third-order valence-electron chi connectivity index (χ3n) is 8.57. The summed E-state index contributed by atoms with van der Waals surface area (Å²) >= 11 is 0. The van der Waals surface area contributed by atoms with Crippen molar-refractivity contribution in [3.05, 3.63) is 145 Å². The monoisotopic (exact) mass is 749 g/mol. The van der Waals surface area contributed by atoms with Crippen LogP contribution >= 0.6 is 0 Å². The summed E-state index contributed by atoms with van der Waals surface area (Å²) in [4.78, 5) is 52.0. The third kappa shape index (κ3) is 13.3. The first-order valence-electron chi connectivity index (χ1n) is 18.0. The zero-order valence-corrected chi connectivity index (χ0v) is 31.3. The Hall–Kier alpha value is -6.20. The molecule has 0 N–H and O–H groups in total. The van der Waals surface area contributed by atoms with E-state index < -0.39 is 29.8 Å². The molecular weight excluding hydrogens is 702 g/mol. The molecule has 0 aromatic heterocycles. The van der Waals surface area contributed by atoms with Crippen LogP contribution in [-0.4, -0.2) is 48.4 Å². The van der Waals surface area contributed by atoms with E-state index in [4.69, 9.17) is 28.4 Å². The van der Waals surface area contributed by atoms with Crippen LogP contribution in [0.1, 0.15) is 48.9 Å². The Morgan fingerprint density at radius 2 is 0.927 bits per heavy atom. The predicted octanol–water partition coefficient (Wildman–Crippen LogP) is 8.25. The van der Waals surface area contributed by atoms with Crippen LogP contribution in [0.4, 0.5) is 0 Å². The van der Waals surface area contributed by atoms with Crippen LogP contribution in [0.5, 0.6) is 23.0 Å². The van der Waals surface area contributed by atoms with Crippen molar-refractivity contribution in [1.29, 1.82) is 0 Å². The van der Waals surface area contributed by atoms with Crippen molar-refractivity contribution in [3.63, 3.8) is 0 Å². The van der Waals surface area contributed by atoms with E-state index in [2.05, 4.69) is 18.1 Å². The minimum atomic E-state index is -0.594. The maximum atomic E-state index is 13.6. The smallest absolute Gasteiger partial charge is 0.330 e. The molecule has 11 heteroatoms. The minimum absolute atomic E-state index is 0.000681. The molecule has 0 aliphatic rings. The topological polar surface area (TPSA) is 127 Å². The number of carbonyl (C=O) groups is 4. The molecule has 0 spiro atoms. The molecule has 288 valence electrons. The fourth-order valence-electron chi connectivity index (χ4n) is 5.41. The highest BCUT2D eigenvalue weighted by molar-refractivity contribution is 5.81. The number of nitrogens with zero attached hydrogens (tertiary/aromatic N) is 1. The highest BCUT2D eigenvalue weighted by Crippen LogP contribution is 2.31. The van der Waals surface area contributed by atoms with Crippen LogP contribution in [-0.2, 0) is 64.6 Å². The van der Waals surface area contributed by atoms with E-state index in [1.165, 1.54) is 0 Å². The molecule has 0 heterocycles. The number of hydrogen-bond donors (Lipinski definition) is 0. The molecule has 0 saturated carbocycles. The standard InChI is InChI=1S/C44H47NO10/c1-5-41(46)50-28-33-17-9-13-21-37(33)54-39-23-15-11-19-35(39)30-52-43(48)26-25-32(27-45(7-3)8-4)44(49)53-31-36-20-12-16-24-40(36)55-38-22-14-10-18-34(38)29-51-42(47)6-2/h5-6,9-24,32H,1-2,7-8,25-31H2,3-4H3. The Labute approximate surface area is 322 Å². The normalized spacial score (nSPS) is 11.2. The van der Waals surface area contributed by atoms with E-state index in [-0.39, 0.29) is 39.3 Å². The van der Waals surface area contributed by atoms with Crippen LogP contribution < -0.4 is 9.47 Å². The summed E-state index contributed by atoms with van der Waals surface area (Å²) in [6.45, 7) is 12.6. The molecule has 55 heavy (non-hydrogen) atoms. The van der Waals surface area contributed by atoms with Gasteiger partial charge in [-0.05, 0) is 43.8 Å². The summed E-state index contributed by atoms with van der Waals surface area (Å²) in [6.07, 6.45) is 2.40. The lowest BCUT2D eigenvalue weighted by Gasteiger charge is -2.24. The van der Waals surface area contributed by atoms with E-state index in [1.54, 1.807) is 66.7 Å². The van der Waals surface area contributed by atoms with E-state index >= 15 is 0 Å². The second kappa shape index (κ2) is 22.1. The number of ether oxygens (including phenoxy) is 6. The van der Waals surface area contributed by atoms with Crippen molar-refractivity contribution < 1.29 is 47.6 Å². The minimum Gasteiger partial charge on any atom is -0.461 e. The van der Waals surface area contributed by atoms with Gasteiger partial charge in [-0.15, -0.1) is 0 Å². The average molecular weight is 750 g/mol. The molecule has 4 aromatic carbocycles. The van der Waals surface area contributed by atoms with Gasteiger partial charge in [-0.1, -0.05) is 99.8 Å². The number of esters is 4. The Morgan fingerprint density at radius 1 is 0.564 bits per heavy atom. The Bertz CT molecular complexity index is 1920. The van der Waals surface area contributed by atoms with Gasteiger partial charge < -0.3 is 33.3 Å². The van der Waals surface area contributed by atoms with Gasteiger partial charge in [-0.2, -0.15) is 0 Å². The van der Waals surface area contributed by atoms with Gasteiger partial charge in [-0.3, -0.25) is 9.59 Å². The molecule has 0 amide bonds. The fraction of sp³-hybridized carbons (Fsp3) is 0.273. The van der Waals surface area contributed by atoms with Gasteiger partial charge in [0.15, 0.2) is 0 Å². The molecule has 0 radical (unpaired) electrons. The van der Waals surface area contributed by atoms with Gasteiger partial charge in [0.2, 0.25) is 0 Å². The van der Waals surface area contributed by atoms with E-state index in [0.29, 0.717) is 51.8 Å². The number of rotatable bonds is 22. The maximum Gasteiger partial charge on any atom is 0.330 e. The van der Waals surface area contributed by atoms with Crippen molar-refractivity contribution >= 4 is 23.9 Å². The molecule has 0 saturated heterocycles. The summed E-state index contributed by atoms with van der Waals surface area (Å²) in [5, 5.41) is 0. The van der Waals surface area contributed by atoms with Gasteiger partial charge in [0.05, 0.1) is 5.92 Å². The molecule has 1 atom stereocenters. The second-order valence-corrected chi connectivity index (χ2v) is 12.2. The zero-order chi connectivity index (χ0) is 39.4. The number of para-hydroxylation sites is 4. The molecular formula is C44H47NO10. The fourth-order valence-corrected chi connectivity index (χ4v) is 5.41. The summed E-state index contributed by atoms with van der Waals surface area (Å²) < 4.78 is 34.2. The number of benzene rings is 4. The predicted molar refractivity (Wildman–Crippen MR) is 206 cm³/mol. The Balaban J connectivity index is 1.37. The van der Waals surface area contributed by atoms with Crippen LogP contribution in [0.15, 0.2) is 122 Å². The number of carbonyl (C=O) groups excluding carboxylic acids is 4. The zero-order valence-electron chi connectivity index (χ0n) is 31.3. The molecule has 11 nitrogen and oxygen atoms in total. The quantitative estimate of drug-likeness (QED) is 0.0438. The van der Waals surface area contributed by atoms with Crippen LogP contribution in [0.3, 0.4) is 0 Å². The van der Waals surface area contributed by atoms with Crippen molar-refractivity contribution in [2.45, 2.75) is 53.1 Å². The molecule has 0 aliphatic carbocycles. The summed E-state index contributed by atoms with van der Waals surface area (Å²) in [5.74, 6) is -0.672. The van der Waals surface area contributed by atoms with Gasteiger partial charge in [0, 0.05) is 47.4 Å². The lowest BCUT2D eigenvalue weighted by molar-refractivity contribution is -0.152. The SMILES string of the molecule is C=CC(=O)OCc1ccccc1Oc1ccccc1COC(=O)CCC(CN(CC)CC)C(=O)OCc1ccccc1Oc1ccccc1COC(=O)C=C. The van der Waals surface area contributed by atoms with E-state index in [9.17, 15) is 19.2 Å². The first-order chi connectivity index (χ1) is 26.7. The van der Waals surface area contributed by atoms with Crippen molar-refractivity contribution in [3.8, 4) is 23.0 Å². The third-order valence-corrected chi connectivity index (χ3v) is 8.57. The highest BCUT2D eigenvalue weighted by Gasteiger charge is 2.25. The molecule has 4 rings (SSSR count). The van der Waals surface area contributed by atoms with E-state index in [0.717, 1.165) is 25.2 Å². The van der Waals surface area contributed by atoms with Crippen molar-refractivity contribution in [1.82, 2.24) is 4.90 Å². The summed E-state index contributed by atoms with van der Waals surface area (Å²) in [5.41, 5.74) is 2.58. The first kappa shape index (κ1) is 41.6. The summed E-state index contributed by atoms with van der Waals surface area (Å²) in [7, 11) is 0. The van der Waals surface area contributed by atoms with Gasteiger partial charge >= 0.3 is 23.9 Å². The molecule has 0 fully saturated rings. The number of hydrogen-bond acceptors (Lipinski definition) is 11. The summed E-state index contributed by atoms with van der Waals surface area (Å²) in [6, 6.07) is 28.7. The molecule has 4 aromatic rings. The van der Waals surface area contributed by atoms with Crippen LogP contribution in [0.2, 0.25) is 0 Å². The lowest BCUT2D eigenvalue weighted by atomic mass is 10.0. The average Bonchev–Trinajstić information content (AvgIpc) is 3.22. The largest absolute Gasteiger partial charge is 0.461 e. The van der Waals surface area contributed by atoms with Crippen LogP contribution in [0, 0.1) is 5.92 Å². The van der Waals surface area contributed by atoms with Gasteiger partial charge in [0.1, 0.15) is 49.4 Å². The molecule has 1 unspecified atom stereocenters. The van der Waals surface area contributed by atoms with Crippen molar-refractivity contribution in [2.24, 2.45) is 5.92 Å². The molecule has 0 aliphatic heterocycles. The van der Waals surface area contributed by atoms with E-state index in [1.807, 2.05) is 44.2 Å². The lowest BCUT2D eigenvalue weighted by Crippen LogP contribution is -2.34.